The molecule has 3 N–H and O–H groups in total. The molecule has 4 nitrogen and oxygen atoms in total. The Hall–Kier alpha value is -0.130. The van der Waals surface area contributed by atoms with Crippen molar-refractivity contribution in [3.05, 3.63) is 0 Å². The third-order valence-electron chi connectivity index (χ3n) is 3.27. The molecule has 0 saturated heterocycles. The lowest BCUT2D eigenvalue weighted by atomic mass is 9.83. The second kappa shape index (κ2) is 4.63. The molecule has 0 bridgehead atoms. The van der Waals surface area contributed by atoms with Crippen LogP contribution in [0.1, 0.15) is 52.9 Å². The fraction of sp³-hybridized carbons (Fsp3) is 1.00. The first-order valence-corrected chi connectivity index (χ1v) is 7.43. The van der Waals surface area contributed by atoms with E-state index >= 15 is 0 Å². The van der Waals surface area contributed by atoms with Crippen LogP contribution in [0.2, 0.25) is 0 Å². The second-order valence-corrected chi connectivity index (χ2v) is 8.38. The van der Waals surface area contributed by atoms with Gasteiger partial charge in [0.15, 0.2) is 0 Å². The van der Waals surface area contributed by atoms with E-state index in [0.717, 1.165) is 25.7 Å². The van der Waals surface area contributed by atoms with Gasteiger partial charge in [0.2, 0.25) is 10.0 Å². The van der Waals surface area contributed by atoms with Crippen LogP contribution in [0.5, 0.6) is 0 Å². The molecule has 0 heterocycles. The highest BCUT2D eigenvalue weighted by Crippen LogP contribution is 2.25. The lowest BCUT2D eigenvalue weighted by Crippen LogP contribution is -2.53. The Morgan fingerprint density at radius 1 is 1.19 bits per heavy atom. The number of nitrogens with one attached hydrogen (secondary N) is 1. The van der Waals surface area contributed by atoms with Crippen molar-refractivity contribution in [1.82, 2.24) is 4.72 Å². The summed E-state index contributed by atoms with van der Waals surface area (Å²) < 4.78 is 25.6. The highest BCUT2D eigenvalue weighted by Gasteiger charge is 2.33. The first kappa shape index (κ1) is 13.9. The van der Waals surface area contributed by atoms with Crippen LogP contribution in [-0.2, 0) is 10.0 Å². The summed E-state index contributed by atoms with van der Waals surface area (Å²) in [6, 6.07) is 0. The van der Waals surface area contributed by atoms with Crippen molar-refractivity contribution >= 4 is 10.0 Å². The Morgan fingerprint density at radius 3 is 2.12 bits per heavy atom. The summed E-state index contributed by atoms with van der Waals surface area (Å²) in [4.78, 5) is 0. The minimum absolute atomic E-state index is 0.337. The van der Waals surface area contributed by atoms with Crippen molar-refractivity contribution in [2.24, 2.45) is 5.73 Å². The number of rotatable bonds is 3. The molecule has 1 rings (SSSR count). The van der Waals surface area contributed by atoms with Crippen LogP contribution in [0, 0.1) is 0 Å². The Balaban J connectivity index is 2.57. The summed E-state index contributed by atoms with van der Waals surface area (Å²) in [6.07, 6.45) is 5.26. The summed E-state index contributed by atoms with van der Waals surface area (Å²) in [7, 11) is -3.27. The van der Waals surface area contributed by atoms with E-state index < -0.39 is 14.8 Å². The Labute approximate surface area is 99.0 Å². The number of hydrogen-bond acceptors (Lipinski definition) is 3. The molecule has 96 valence electrons. The summed E-state index contributed by atoms with van der Waals surface area (Å²) >= 11 is 0. The molecule has 0 spiro atoms. The van der Waals surface area contributed by atoms with Crippen molar-refractivity contribution in [3.63, 3.8) is 0 Å². The maximum atomic E-state index is 11.9. The van der Waals surface area contributed by atoms with E-state index in [1.807, 2.05) is 0 Å². The van der Waals surface area contributed by atoms with Crippen molar-refractivity contribution in [3.8, 4) is 0 Å². The first-order valence-electron chi connectivity index (χ1n) is 5.94. The molecule has 0 aromatic carbocycles. The van der Waals surface area contributed by atoms with Gasteiger partial charge in [-0.3, -0.25) is 0 Å². The smallest absolute Gasteiger partial charge is 0.216 e. The monoisotopic (exact) mass is 248 g/mol. The van der Waals surface area contributed by atoms with Gasteiger partial charge in [-0.05, 0) is 33.6 Å². The average molecular weight is 248 g/mol. The van der Waals surface area contributed by atoms with Crippen LogP contribution >= 0.6 is 0 Å². The van der Waals surface area contributed by atoms with E-state index in [1.165, 1.54) is 6.42 Å². The molecule has 0 aromatic heterocycles. The molecule has 1 fully saturated rings. The van der Waals surface area contributed by atoms with Crippen LogP contribution < -0.4 is 10.5 Å². The van der Waals surface area contributed by atoms with Crippen LogP contribution in [0.15, 0.2) is 0 Å². The van der Waals surface area contributed by atoms with E-state index in [-0.39, 0.29) is 5.54 Å². The molecule has 0 radical (unpaired) electrons. The maximum absolute atomic E-state index is 11.9. The van der Waals surface area contributed by atoms with Gasteiger partial charge < -0.3 is 5.73 Å². The first-order chi connectivity index (χ1) is 7.16. The van der Waals surface area contributed by atoms with E-state index in [4.69, 9.17) is 5.73 Å². The van der Waals surface area contributed by atoms with Crippen LogP contribution in [-0.4, -0.2) is 25.2 Å². The van der Waals surface area contributed by atoms with Crippen LogP contribution in [0.3, 0.4) is 0 Å². The Bertz CT molecular complexity index is 324. The normalized spacial score (nSPS) is 22.0. The molecule has 0 aromatic rings. The van der Waals surface area contributed by atoms with Gasteiger partial charge in [0.1, 0.15) is 0 Å². The number of nitrogens with two attached hydrogens (primary N) is 1. The molecule has 0 aliphatic heterocycles. The molecule has 1 saturated carbocycles. The predicted molar refractivity (Wildman–Crippen MR) is 66.7 cm³/mol. The quantitative estimate of drug-likeness (QED) is 0.792. The molecule has 16 heavy (non-hydrogen) atoms. The third-order valence-corrected chi connectivity index (χ3v) is 5.41. The predicted octanol–water partition coefficient (Wildman–Crippen LogP) is 1.37. The highest BCUT2D eigenvalue weighted by atomic mass is 32.2. The van der Waals surface area contributed by atoms with Gasteiger partial charge >= 0.3 is 0 Å². The molecule has 5 heteroatoms. The van der Waals surface area contributed by atoms with Crippen molar-refractivity contribution in [2.45, 2.75) is 63.2 Å². The fourth-order valence-corrected chi connectivity index (χ4v) is 2.80. The number of sulfonamides is 1. The summed E-state index contributed by atoms with van der Waals surface area (Å²) in [6.45, 7) is 5.45. The minimum atomic E-state index is -3.27. The molecule has 0 atom stereocenters. The van der Waals surface area contributed by atoms with Crippen molar-refractivity contribution in [1.29, 1.82) is 0 Å². The van der Waals surface area contributed by atoms with Gasteiger partial charge in [0.25, 0.3) is 0 Å². The van der Waals surface area contributed by atoms with E-state index in [0.29, 0.717) is 6.54 Å². The van der Waals surface area contributed by atoms with Crippen LogP contribution in [0.4, 0.5) is 0 Å². The molecule has 0 amide bonds. The number of hydrogen-bond donors (Lipinski definition) is 2. The van der Waals surface area contributed by atoms with Gasteiger partial charge in [-0.25, -0.2) is 13.1 Å². The Morgan fingerprint density at radius 2 is 1.69 bits per heavy atom. The fourth-order valence-electron chi connectivity index (χ4n) is 1.89. The summed E-state index contributed by atoms with van der Waals surface area (Å²) in [5, 5.41) is 0. The minimum Gasteiger partial charge on any atom is -0.324 e. The zero-order valence-corrected chi connectivity index (χ0v) is 11.4. The van der Waals surface area contributed by atoms with E-state index in [9.17, 15) is 8.42 Å². The van der Waals surface area contributed by atoms with E-state index in [1.54, 1.807) is 20.8 Å². The van der Waals surface area contributed by atoms with Gasteiger partial charge in [-0.2, -0.15) is 0 Å². The standard InChI is InChI=1S/C11H24N2O2S/c1-10(2,3)16(14,15)13-9-11(12)7-5-4-6-8-11/h13H,4-9,12H2,1-3H3. The molecular formula is C11H24N2O2S. The lowest BCUT2D eigenvalue weighted by molar-refractivity contribution is 0.295. The molecule has 1 aliphatic carbocycles. The van der Waals surface area contributed by atoms with Gasteiger partial charge in [-0.1, -0.05) is 19.3 Å². The van der Waals surface area contributed by atoms with Gasteiger partial charge in [0.05, 0.1) is 4.75 Å². The Kier molecular flexibility index (Phi) is 4.03. The maximum Gasteiger partial charge on any atom is 0.216 e. The van der Waals surface area contributed by atoms with E-state index in [2.05, 4.69) is 4.72 Å². The zero-order chi connectivity index (χ0) is 12.4. The van der Waals surface area contributed by atoms with Crippen LogP contribution in [0.25, 0.3) is 0 Å². The summed E-state index contributed by atoms with van der Waals surface area (Å²) in [5.74, 6) is 0. The zero-order valence-electron chi connectivity index (χ0n) is 10.5. The largest absolute Gasteiger partial charge is 0.324 e. The van der Waals surface area contributed by atoms with Gasteiger partial charge in [-0.15, -0.1) is 0 Å². The second-order valence-electron chi connectivity index (χ2n) is 5.86. The molecule has 0 unspecified atom stereocenters. The van der Waals surface area contributed by atoms with Crippen molar-refractivity contribution in [2.75, 3.05) is 6.54 Å². The van der Waals surface area contributed by atoms with Crippen molar-refractivity contribution < 1.29 is 8.42 Å². The lowest BCUT2D eigenvalue weighted by Gasteiger charge is -2.34. The topological polar surface area (TPSA) is 72.2 Å². The van der Waals surface area contributed by atoms with Gasteiger partial charge in [0, 0.05) is 12.1 Å². The average Bonchev–Trinajstić information content (AvgIpc) is 2.15. The third kappa shape index (κ3) is 3.43. The molecular weight excluding hydrogens is 224 g/mol. The summed E-state index contributed by atoms with van der Waals surface area (Å²) in [5.41, 5.74) is 5.85. The molecule has 1 aliphatic rings. The SMILES string of the molecule is CC(C)(C)S(=O)(=O)NCC1(N)CCCCC1. The highest BCUT2D eigenvalue weighted by molar-refractivity contribution is 7.90.